The van der Waals surface area contributed by atoms with Gasteiger partial charge in [0.1, 0.15) is 18.1 Å². The molecule has 2 amide bonds. The Hall–Kier alpha value is -5.31. The predicted octanol–water partition coefficient (Wildman–Crippen LogP) is 5.73. The summed E-state index contributed by atoms with van der Waals surface area (Å²) in [6, 6.07) is 22.3. The quantitative estimate of drug-likeness (QED) is 0.114. The molecule has 0 atom stereocenters. The summed E-state index contributed by atoms with van der Waals surface area (Å²) in [5.41, 5.74) is 9.31. The van der Waals surface area contributed by atoms with Crippen molar-refractivity contribution in [2.75, 3.05) is 11.9 Å². The molecule has 0 fully saturated rings. The topological polar surface area (TPSA) is 147 Å². The summed E-state index contributed by atoms with van der Waals surface area (Å²) in [7, 11) is 0. The maximum absolute atomic E-state index is 13.5. The van der Waals surface area contributed by atoms with Gasteiger partial charge in [0.25, 0.3) is 11.8 Å². The molecule has 4 aromatic rings. The van der Waals surface area contributed by atoms with E-state index < -0.39 is 11.9 Å². The van der Waals surface area contributed by atoms with Gasteiger partial charge in [-0.15, -0.1) is 0 Å². The van der Waals surface area contributed by atoms with Crippen molar-refractivity contribution in [3.05, 3.63) is 119 Å². The summed E-state index contributed by atoms with van der Waals surface area (Å²) >= 11 is 0. The van der Waals surface area contributed by atoms with E-state index in [1.165, 1.54) is 6.07 Å². The second-order valence-electron chi connectivity index (χ2n) is 11.4. The number of hydrogen-bond acceptors (Lipinski definition) is 6. The molecule has 0 unspecified atom stereocenters. The Balaban J connectivity index is 1.72. The van der Waals surface area contributed by atoms with Gasteiger partial charge in [-0.25, -0.2) is 4.79 Å². The molecule has 0 aliphatic rings. The van der Waals surface area contributed by atoms with Crippen molar-refractivity contribution in [2.24, 2.45) is 11.1 Å². The van der Waals surface area contributed by atoms with Crippen LogP contribution < -0.4 is 16.4 Å². The van der Waals surface area contributed by atoms with E-state index in [1.54, 1.807) is 48.7 Å². The number of aryl methyl sites for hydroxylation is 1. The van der Waals surface area contributed by atoms with Gasteiger partial charge in [0.05, 0.1) is 5.56 Å². The average Bonchev–Trinajstić information content (AvgIpc) is 2.98. The van der Waals surface area contributed by atoms with Crippen molar-refractivity contribution < 1.29 is 19.1 Å². The molecule has 0 saturated heterocycles. The Morgan fingerprint density at radius 1 is 0.884 bits per heavy atom. The number of esters is 1. The molecule has 0 aliphatic carbocycles. The molecule has 1 aromatic heterocycles. The van der Waals surface area contributed by atoms with Crippen LogP contribution in [0, 0.1) is 17.7 Å². The molecule has 220 valence electrons. The highest BCUT2D eigenvalue weighted by molar-refractivity contribution is 6.10. The van der Waals surface area contributed by atoms with Crippen molar-refractivity contribution in [1.82, 2.24) is 10.3 Å². The van der Waals surface area contributed by atoms with Gasteiger partial charge in [-0.1, -0.05) is 57.2 Å². The Bertz CT molecular complexity index is 1660. The number of amides is 2. The monoisotopic (exact) mass is 577 g/mol. The first-order valence-corrected chi connectivity index (χ1v) is 13.8. The highest BCUT2D eigenvalue weighted by Gasteiger charge is 2.23. The number of benzene rings is 3. The Morgan fingerprint density at radius 3 is 2.21 bits per heavy atom. The zero-order chi connectivity index (χ0) is 31.1. The van der Waals surface area contributed by atoms with Gasteiger partial charge in [-0.3, -0.25) is 20.0 Å². The highest BCUT2D eigenvalue weighted by atomic mass is 16.5. The van der Waals surface area contributed by atoms with Crippen LogP contribution >= 0.6 is 0 Å². The van der Waals surface area contributed by atoms with E-state index in [4.69, 9.17) is 15.9 Å². The van der Waals surface area contributed by atoms with Crippen LogP contribution in [0.3, 0.4) is 0 Å². The van der Waals surface area contributed by atoms with E-state index in [1.807, 2.05) is 58.0 Å². The van der Waals surface area contributed by atoms with Crippen molar-refractivity contribution in [3.8, 4) is 11.1 Å². The van der Waals surface area contributed by atoms with Crippen LogP contribution in [-0.2, 0) is 11.3 Å². The molecule has 0 radical (unpaired) electrons. The lowest BCUT2D eigenvalue weighted by Crippen LogP contribution is -2.32. The number of anilines is 1. The SMILES string of the molecule is Cc1cnc(C(=O)Nc2ccc(C(=N)N)cc2)c(-c2ccc(C(=O)NCC(C)(C)C)cc2C(=O)OCc2ccccc2)c1. The summed E-state index contributed by atoms with van der Waals surface area (Å²) in [4.78, 5) is 44.4. The second-order valence-corrected chi connectivity index (χ2v) is 11.4. The number of rotatable bonds is 9. The minimum Gasteiger partial charge on any atom is -0.457 e. The van der Waals surface area contributed by atoms with Crippen LogP contribution in [0.4, 0.5) is 5.69 Å². The summed E-state index contributed by atoms with van der Waals surface area (Å²) in [6.07, 6.45) is 1.57. The highest BCUT2D eigenvalue weighted by Crippen LogP contribution is 2.30. The number of hydrogen-bond donors (Lipinski definition) is 4. The number of nitrogens with two attached hydrogens (primary N) is 1. The predicted molar refractivity (Wildman–Crippen MR) is 167 cm³/mol. The van der Waals surface area contributed by atoms with Crippen LogP contribution in [0.1, 0.15) is 68.7 Å². The first kappa shape index (κ1) is 30.6. The van der Waals surface area contributed by atoms with Crippen LogP contribution in [0.5, 0.6) is 0 Å². The maximum Gasteiger partial charge on any atom is 0.339 e. The normalized spacial score (nSPS) is 11.0. The number of aromatic nitrogens is 1. The van der Waals surface area contributed by atoms with E-state index >= 15 is 0 Å². The van der Waals surface area contributed by atoms with Gasteiger partial charge in [-0.2, -0.15) is 0 Å². The van der Waals surface area contributed by atoms with Gasteiger partial charge in [0.15, 0.2) is 0 Å². The fourth-order valence-electron chi connectivity index (χ4n) is 4.22. The molecule has 0 spiro atoms. The van der Waals surface area contributed by atoms with Crippen LogP contribution in [0.25, 0.3) is 11.1 Å². The molecular formula is C34H35N5O4. The molecule has 1 heterocycles. The number of nitrogens with one attached hydrogen (secondary N) is 3. The fourth-order valence-corrected chi connectivity index (χ4v) is 4.22. The van der Waals surface area contributed by atoms with Crippen molar-refractivity contribution in [2.45, 2.75) is 34.3 Å². The van der Waals surface area contributed by atoms with Crippen LogP contribution in [-0.4, -0.2) is 35.1 Å². The van der Waals surface area contributed by atoms with E-state index in [2.05, 4.69) is 15.6 Å². The lowest BCUT2D eigenvalue weighted by Gasteiger charge is -2.19. The number of carbonyl (C=O) groups excluding carboxylic acids is 3. The molecule has 3 aromatic carbocycles. The summed E-state index contributed by atoms with van der Waals surface area (Å²) in [5.74, 6) is -1.55. The third-order valence-electron chi connectivity index (χ3n) is 6.48. The van der Waals surface area contributed by atoms with Gasteiger partial charge in [0.2, 0.25) is 0 Å². The Morgan fingerprint density at radius 2 is 1.56 bits per heavy atom. The number of ether oxygens (including phenoxy) is 1. The molecule has 9 heteroatoms. The molecule has 4 rings (SSSR count). The number of nitrogens with zero attached hydrogens (tertiary/aromatic N) is 1. The fraction of sp³-hybridized carbons (Fsp3) is 0.206. The number of carbonyl (C=O) groups is 3. The Kier molecular flexibility index (Phi) is 9.35. The Labute approximate surface area is 251 Å². The molecule has 0 saturated carbocycles. The first-order chi connectivity index (χ1) is 20.4. The number of pyridine rings is 1. The van der Waals surface area contributed by atoms with Gasteiger partial charge >= 0.3 is 5.97 Å². The smallest absolute Gasteiger partial charge is 0.339 e. The molecule has 43 heavy (non-hydrogen) atoms. The largest absolute Gasteiger partial charge is 0.457 e. The van der Waals surface area contributed by atoms with Crippen molar-refractivity contribution >= 4 is 29.3 Å². The van der Waals surface area contributed by atoms with Crippen LogP contribution in [0.15, 0.2) is 85.1 Å². The minimum atomic E-state index is -0.642. The maximum atomic E-state index is 13.5. The van der Waals surface area contributed by atoms with E-state index in [0.717, 1.165) is 11.1 Å². The van der Waals surface area contributed by atoms with Gasteiger partial charge < -0.3 is 21.1 Å². The zero-order valence-electron chi connectivity index (χ0n) is 24.7. The second kappa shape index (κ2) is 13.1. The lowest BCUT2D eigenvalue weighted by atomic mass is 9.94. The van der Waals surface area contributed by atoms with Gasteiger partial charge in [-0.05, 0) is 71.5 Å². The molecule has 0 aliphatic heterocycles. The average molecular weight is 578 g/mol. The van der Waals surface area contributed by atoms with E-state index in [9.17, 15) is 14.4 Å². The van der Waals surface area contributed by atoms with Crippen LogP contribution in [0.2, 0.25) is 0 Å². The summed E-state index contributed by atoms with van der Waals surface area (Å²) in [5, 5.41) is 13.3. The summed E-state index contributed by atoms with van der Waals surface area (Å²) in [6.45, 7) is 8.35. The first-order valence-electron chi connectivity index (χ1n) is 13.8. The molecule has 0 bridgehead atoms. The van der Waals surface area contributed by atoms with Crippen molar-refractivity contribution in [3.63, 3.8) is 0 Å². The number of amidine groups is 1. The third kappa shape index (κ3) is 8.13. The standard InChI is InChI=1S/C34H35N5O4/c1-21-16-27(29(37-18-21)32(41)39-25-13-10-23(11-14-25)30(35)36)26-15-12-24(31(40)38-20-34(2,3)4)17-28(26)33(42)43-19-22-8-6-5-7-9-22/h5-18H,19-20H2,1-4H3,(H3,35,36)(H,38,40)(H,39,41). The lowest BCUT2D eigenvalue weighted by molar-refractivity contribution is 0.0473. The molecular weight excluding hydrogens is 542 g/mol. The van der Waals surface area contributed by atoms with Crippen molar-refractivity contribution in [1.29, 1.82) is 5.41 Å². The number of nitrogen functional groups attached to an aromatic ring is 1. The van der Waals surface area contributed by atoms with Gasteiger partial charge in [0, 0.05) is 35.1 Å². The molecule has 9 nitrogen and oxygen atoms in total. The molecule has 5 N–H and O–H groups in total. The van der Waals surface area contributed by atoms with E-state index in [0.29, 0.717) is 28.9 Å². The van der Waals surface area contributed by atoms with E-state index in [-0.39, 0.29) is 40.6 Å². The third-order valence-corrected chi connectivity index (χ3v) is 6.48. The zero-order valence-corrected chi connectivity index (χ0v) is 24.7. The minimum absolute atomic E-state index is 0.0369. The summed E-state index contributed by atoms with van der Waals surface area (Å²) < 4.78 is 5.66.